The first-order valence-electron chi connectivity index (χ1n) is 6.45. The Kier molecular flexibility index (Phi) is 4.48. The quantitative estimate of drug-likeness (QED) is 0.695. The zero-order valence-electron chi connectivity index (χ0n) is 10.9. The molecule has 8 nitrogen and oxygen atoms in total. The van der Waals surface area contributed by atoms with Crippen molar-refractivity contribution in [1.29, 1.82) is 0 Å². The van der Waals surface area contributed by atoms with Crippen LogP contribution < -0.4 is 5.32 Å². The van der Waals surface area contributed by atoms with E-state index in [-0.39, 0.29) is 43.2 Å². The van der Waals surface area contributed by atoms with Crippen LogP contribution in [0.4, 0.5) is 4.79 Å². The summed E-state index contributed by atoms with van der Waals surface area (Å²) in [7, 11) is -3.03. The van der Waals surface area contributed by atoms with Gasteiger partial charge in [-0.3, -0.25) is 4.79 Å². The number of aliphatic carboxylic acids is 1. The summed E-state index contributed by atoms with van der Waals surface area (Å²) in [6.07, 6.45) is -0.238. The van der Waals surface area contributed by atoms with E-state index in [9.17, 15) is 18.0 Å². The average molecular weight is 306 g/mol. The first-order chi connectivity index (χ1) is 9.35. The third-order valence-electron chi connectivity index (χ3n) is 3.39. The summed E-state index contributed by atoms with van der Waals surface area (Å²) in [6, 6.07) is -0.709. The molecule has 2 heterocycles. The van der Waals surface area contributed by atoms with Crippen LogP contribution in [0.2, 0.25) is 0 Å². The van der Waals surface area contributed by atoms with Gasteiger partial charge in [0.15, 0.2) is 9.84 Å². The number of carbonyl (C=O) groups is 2. The minimum Gasteiger partial charge on any atom is -0.481 e. The number of hydrogen-bond donors (Lipinski definition) is 2. The van der Waals surface area contributed by atoms with Gasteiger partial charge in [0.25, 0.3) is 0 Å². The summed E-state index contributed by atoms with van der Waals surface area (Å²) in [5.41, 5.74) is 0. The van der Waals surface area contributed by atoms with Gasteiger partial charge in [-0.25, -0.2) is 13.2 Å². The van der Waals surface area contributed by atoms with Gasteiger partial charge in [-0.05, 0) is 6.42 Å². The van der Waals surface area contributed by atoms with E-state index >= 15 is 0 Å². The molecule has 0 radical (unpaired) electrons. The van der Waals surface area contributed by atoms with Crippen LogP contribution in [0.25, 0.3) is 0 Å². The Labute approximate surface area is 117 Å². The lowest BCUT2D eigenvalue weighted by Crippen LogP contribution is -2.52. The van der Waals surface area contributed by atoms with Crippen molar-refractivity contribution in [2.45, 2.75) is 25.0 Å². The predicted octanol–water partition coefficient (Wildman–Crippen LogP) is -0.941. The molecular weight excluding hydrogens is 288 g/mol. The van der Waals surface area contributed by atoms with E-state index in [1.807, 2.05) is 0 Å². The van der Waals surface area contributed by atoms with Gasteiger partial charge in [-0.2, -0.15) is 0 Å². The highest BCUT2D eigenvalue weighted by molar-refractivity contribution is 7.91. The van der Waals surface area contributed by atoms with E-state index in [4.69, 9.17) is 9.84 Å². The summed E-state index contributed by atoms with van der Waals surface area (Å²) in [5, 5.41) is 11.4. The maximum Gasteiger partial charge on any atom is 0.317 e. The zero-order valence-corrected chi connectivity index (χ0v) is 11.8. The molecule has 0 saturated carbocycles. The lowest BCUT2D eigenvalue weighted by atomic mass is 10.2. The molecule has 2 aliphatic heterocycles. The SMILES string of the molecule is O=C(O)CC1CN(C(=O)NC2CCS(=O)(=O)C2)CCO1. The first-order valence-corrected chi connectivity index (χ1v) is 8.27. The number of morpholine rings is 1. The van der Waals surface area contributed by atoms with Gasteiger partial charge in [0, 0.05) is 19.1 Å². The molecule has 2 atom stereocenters. The summed E-state index contributed by atoms with van der Waals surface area (Å²) in [5.74, 6) is -0.899. The Morgan fingerprint density at radius 2 is 2.15 bits per heavy atom. The van der Waals surface area contributed by atoms with E-state index in [0.717, 1.165) is 0 Å². The molecule has 0 bridgehead atoms. The van der Waals surface area contributed by atoms with Gasteiger partial charge >= 0.3 is 12.0 Å². The van der Waals surface area contributed by atoms with Crippen molar-refractivity contribution >= 4 is 21.8 Å². The van der Waals surface area contributed by atoms with Gasteiger partial charge in [-0.15, -0.1) is 0 Å². The number of nitrogens with one attached hydrogen (secondary N) is 1. The monoisotopic (exact) mass is 306 g/mol. The molecule has 9 heteroatoms. The molecule has 20 heavy (non-hydrogen) atoms. The van der Waals surface area contributed by atoms with Crippen molar-refractivity contribution in [3.05, 3.63) is 0 Å². The van der Waals surface area contributed by atoms with Crippen LogP contribution in [0.1, 0.15) is 12.8 Å². The minimum absolute atomic E-state index is 0.0262. The van der Waals surface area contributed by atoms with E-state index in [1.165, 1.54) is 4.90 Å². The van der Waals surface area contributed by atoms with Crippen LogP contribution in [-0.4, -0.2) is 73.8 Å². The summed E-state index contributed by atoms with van der Waals surface area (Å²) >= 11 is 0. The fourth-order valence-electron chi connectivity index (χ4n) is 2.40. The Balaban J connectivity index is 1.84. The number of carboxylic acid groups (broad SMARTS) is 1. The number of nitrogens with zero attached hydrogens (tertiary/aromatic N) is 1. The normalized spacial score (nSPS) is 29.1. The topological polar surface area (TPSA) is 113 Å². The average Bonchev–Trinajstić information content (AvgIpc) is 2.68. The lowest BCUT2D eigenvalue weighted by molar-refractivity contribution is -0.141. The van der Waals surface area contributed by atoms with Crippen molar-refractivity contribution in [2.24, 2.45) is 0 Å². The highest BCUT2D eigenvalue weighted by Gasteiger charge is 2.32. The van der Waals surface area contributed by atoms with E-state index in [1.54, 1.807) is 0 Å². The van der Waals surface area contributed by atoms with Crippen LogP contribution in [0, 0.1) is 0 Å². The van der Waals surface area contributed by atoms with Crippen LogP contribution in [0.5, 0.6) is 0 Å². The molecule has 114 valence electrons. The molecular formula is C11H18N2O6S. The van der Waals surface area contributed by atoms with E-state index in [0.29, 0.717) is 13.0 Å². The fraction of sp³-hybridized carbons (Fsp3) is 0.818. The lowest BCUT2D eigenvalue weighted by Gasteiger charge is -2.33. The highest BCUT2D eigenvalue weighted by Crippen LogP contribution is 2.13. The van der Waals surface area contributed by atoms with Gasteiger partial charge in [0.2, 0.25) is 0 Å². The van der Waals surface area contributed by atoms with Crippen LogP contribution >= 0.6 is 0 Å². The van der Waals surface area contributed by atoms with Crippen LogP contribution in [0.3, 0.4) is 0 Å². The largest absolute Gasteiger partial charge is 0.481 e. The van der Waals surface area contributed by atoms with Crippen molar-refractivity contribution in [2.75, 3.05) is 31.2 Å². The number of hydrogen-bond acceptors (Lipinski definition) is 5. The van der Waals surface area contributed by atoms with Gasteiger partial charge in [0.1, 0.15) is 0 Å². The predicted molar refractivity (Wildman–Crippen MR) is 69.2 cm³/mol. The summed E-state index contributed by atoms with van der Waals surface area (Å²) < 4.78 is 27.9. The molecule has 2 fully saturated rings. The van der Waals surface area contributed by atoms with Crippen molar-refractivity contribution in [1.82, 2.24) is 10.2 Å². The molecule has 2 unspecified atom stereocenters. The number of sulfone groups is 1. The molecule has 2 aliphatic rings. The standard InChI is InChI=1S/C11H18N2O6S/c14-10(15)5-9-6-13(2-3-19-9)11(16)12-8-1-4-20(17,18)7-8/h8-9H,1-7H2,(H,12,16)(H,14,15). The molecule has 0 aromatic heterocycles. The second-order valence-corrected chi connectivity index (χ2v) is 7.31. The molecule has 0 aromatic carbocycles. The third-order valence-corrected chi connectivity index (χ3v) is 5.16. The van der Waals surface area contributed by atoms with Crippen molar-refractivity contribution in [3.63, 3.8) is 0 Å². The molecule has 2 rings (SSSR count). The number of rotatable bonds is 3. The number of amides is 2. The Morgan fingerprint density at radius 1 is 1.40 bits per heavy atom. The number of urea groups is 1. The minimum atomic E-state index is -3.03. The van der Waals surface area contributed by atoms with Gasteiger partial charge in [-0.1, -0.05) is 0 Å². The molecule has 0 spiro atoms. The zero-order chi connectivity index (χ0) is 14.8. The second kappa shape index (κ2) is 5.96. The number of carboxylic acids is 1. The Morgan fingerprint density at radius 3 is 2.75 bits per heavy atom. The molecule has 2 N–H and O–H groups in total. The van der Waals surface area contributed by atoms with Gasteiger partial charge < -0.3 is 20.1 Å². The highest BCUT2D eigenvalue weighted by atomic mass is 32.2. The smallest absolute Gasteiger partial charge is 0.317 e. The Bertz CT molecular complexity index is 491. The first kappa shape index (κ1) is 15.0. The number of carbonyl (C=O) groups excluding carboxylic acids is 1. The van der Waals surface area contributed by atoms with Crippen LogP contribution in [0.15, 0.2) is 0 Å². The fourth-order valence-corrected chi connectivity index (χ4v) is 4.07. The van der Waals surface area contributed by atoms with Crippen molar-refractivity contribution < 1.29 is 27.9 Å². The Hall–Kier alpha value is -1.35. The summed E-state index contributed by atoms with van der Waals surface area (Å²) in [6.45, 7) is 0.868. The van der Waals surface area contributed by atoms with E-state index < -0.39 is 21.9 Å². The molecule has 2 saturated heterocycles. The maximum absolute atomic E-state index is 12.0. The summed E-state index contributed by atoms with van der Waals surface area (Å²) in [4.78, 5) is 24.1. The second-order valence-electron chi connectivity index (χ2n) is 5.09. The molecule has 0 aliphatic carbocycles. The third kappa shape index (κ3) is 4.07. The van der Waals surface area contributed by atoms with Crippen LogP contribution in [-0.2, 0) is 19.4 Å². The molecule has 2 amide bonds. The van der Waals surface area contributed by atoms with Gasteiger partial charge in [0.05, 0.1) is 30.6 Å². The maximum atomic E-state index is 12.0. The van der Waals surface area contributed by atoms with Crippen molar-refractivity contribution in [3.8, 4) is 0 Å². The number of ether oxygens (including phenoxy) is 1. The van der Waals surface area contributed by atoms with E-state index in [2.05, 4.69) is 5.32 Å². The molecule has 0 aromatic rings.